The molecular formula is C39H52N4O10. The molecule has 2 aromatic carbocycles. The summed E-state index contributed by atoms with van der Waals surface area (Å²) in [5, 5.41) is 4.99. The van der Waals surface area contributed by atoms with Crippen LogP contribution in [0.1, 0.15) is 92.6 Å². The van der Waals surface area contributed by atoms with Gasteiger partial charge in [-0.2, -0.15) is 0 Å². The first kappa shape index (κ1) is 40.6. The highest BCUT2D eigenvalue weighted by Crippen LogP contribution is 2.40. The summed E-state index contributed by atoms with van der Waals surface area (Å²) >= 11 is 0. The number of ether oxygens (including phenoxy) is 6. The van der Waals surface area contributed by atoms with Gasteiger partial charge in [-0.3, -0.25) is 0 Å². The second kappa shape index (κ2) is 16.7. The van der Waals surface area contributed by atoms with Crippen LogP contribution in [0.3, 0.4) is 0 Å². The van der Waals surface area contributed by atoms with E-state index in [4.69, 9.17) is 38.4 Å². The van der Waals surface area contributed by atoms with E-state index in [1.807, 2.05) is 74.5 Å². The molecule has 2 aliphatic heterocycles. The van der Waals surface area contributed by atoms with Gasteiger partial charge in [-0.1, -0.05) is 60.7 Å². The van der Waals surface area contributed by atoms with Crippen molar-refractivity contribution in [3.05, 3.63) is 71.8 Å². The lowest BCUT2D eigenvalue weighted by Gasteiger charge is -2.26. The molecule has 14 heteroatoms. The van der Waals surface area contributed by atoms with Crippen LogP contribution in [0, 0.1) is 5.41 Å². The van der Waals surface area contributed by atoms with Crippen molar-refractivity contribution in [2.45, 2.75) is 117 Å². The third-order valence-corrected chi connectivity index (χ3v) is 8.03. The van der Waals surface area contributed by atoms with E-state index in [2.05, 4.69) is 10.6 Å². The second-order valence-corrected chi connectivity index (χ2v) is 15.5. The number of nitrogens with zero attached hydrogens (tertiary/aromatic N) is 2. The van der Waals surface area contributed by atoms with Gasteiger partial charge in [-0.15, -0.1) is 0 Å². The van der Waals surface area contributed by atoms with E-state index in [-0.39, 0.29) is 13.2 Å². The Morgan fingerprint density at radius 3 is 1.28 bits per heavy atom. The molecule has 6 atom stereocenters. The Bertz CT molecular complexity index is 1540. The topological polar surface area (TPSA) is 172 Å². The van der Waals surface area contributed by atoms with E-state index in [1.165, 1.54) is 13.8 Å². The number of esters is 2. The average molecular weight is 737 g/mol. The van der Waals surface area contributed by atoms with Crippen molar-refractivity contribution in [3.63, 3.8) is 0 Å². The molecule has 0 unspecified atom stereocenters. The second-order valence-electron chi connectivity index (χ2n) is 15.5. The summed E-state index contributed by atoms with van der Waals surface area (Å²) in [7, 11) is 0. The molecule has 4 rings (SSSR count). The molecule has 0 aromatic heterocycles. The summed E-state index contributed by atoms with van der Waals surface area (Å²) in [4.78, 5) is 60.0. The number of hydrogen-bond donors (Lipinski definition) is 2. The molecule has 0 bridgehead atoms. The molecule has 0 saturated heterocycles. The van der Waals surface area contributed by atoms with E-state index in [0.717, 1.165) is 11.1 Å². The first-order valence-electron chi connectivity index (χ1n) is 17.7. The molecule has 2 aliphatic rings. The SMILES string of the molecule is C[C@H](NC(=O)OC(C)(C)C)C(=O)OC[C@@H]1N=C(C(C)(C)C2=N[C@@H](COC(=O)[C@H](C)NC(=O)OC(C)(C)C)[C@H](c3ccccc3)O2)O[C@H]1c1ccccc1. The van der Waals surface area contributed by atoms with Gasteiger partial charge in [0.25, 0.3) is 0 Å². The highest BCUT2D eigenvalue weighted by Gasteiger charge is 2.48. The number of aliphatic imine (C=N–C) groups is 2. The van der Waals surface area contributed by atoms with Gasteiger partial charge in [-0.25, -0.2) is 29.2 Å². The van der Waals surface area contributed by atoms with Crippen LogP contribution >= 0.6 is 0 Å². The van der Waals surface area contributed by atoms with Crippen molar-refractivity contribution in [3.8, 4) is 0 Å². The lowest BCUT2D eigenvalue weighted by molar-refractivity contribution is -0.147. The number of carbonyl (C=O) groups is 4. The van der Waals surface area contributed by atoms with Crippen LogP contribution in [0.4, 0.5) is 9.59 Å². The van der Waals surface area contributed by atoms with Crippen LogP contribution in [0.25, 0.3) is 0 Å². The Balaban J connectivity index is 1.51. The molecule has 0 spiro atoms. The molecule has 2 N–H and O–H groups in total. The Kier molecular flexibility index (Phi) is 12.8. The minimum Gasteiger partial charge on any atom is -0.470 e. The number of rotatable bonds is 12. The summed E-state index contributed by atoms with van der Waals surface area (Å²) < 4.78 is 34.8. The van der Waals surface area contributed by atoms with Gasteiger partial charge in [-0.05, 0) is 80.4 Å². The van der Waals surface area contributed by atoms with Crippen LogP contribution < -0.4 is 10.6 Å². The number of hydrogen-bond acceptors (Lipinski definition) is 12. The summed E-state index contributed by atoms with van der Waals surface area (Å²) in [6.45, 7) is 16.8. The monoisotopic (exact) mass is 736 g/mol. The maximum Gasteiger partial charge on any atom is 0.408 e. The van der Waals surface area contributed by atoms with Crippen molar-refractivity contribution < 1.29 is 47.6 Å². The molecule has 2 amide bonds. The van der Waals surface area contributed by atoms with Gasteiger partial charge >= 0.3 is 24.1 Å². The number of nitrogens with one attached hydrogen (secondary N) is 2. The molecule has 288 valence electrons. The van der Waals surface area contributed by atoms with Gasteiger partial charge in [0.05, 0.1) is 0 Å². The van der Waals surface area contributed by atoms with Gasteiger partial charge in [0.15, 0.2) is 24.0 Å². The molecular weight excluding hydrogens is 684 g/mol. The number of alkyl carbamates (subject to hydrolysis) is 2. The molecule has 2 heterocycles. The van der Waals surface area contributed by atoms with Crippen LogP contribution in [0.15, 0.2) is 70.6 Å². The lowest BCUT2D eigenvalue weighted by Crippen LogP contribution is -2.43. The maximum absolute atomic E-state index is 12.9. The zero-order valence-corrected chi connectivity index (χ0v) is 32.1. The fourth-order valence-electron chi connectivity index (χ4n) is 5.39. The maximum atomic E-state index is 12.9. The van der Waals surface area contributed by atoms with Gasteiger partial charge < -0.3 is 39.1 Å². The highest BCUT2D eigenvalue weighted by molar-refractivity contribution is 6.05. The molecule has 0 radical (unpaired) electrons. The third-order valence-electron chi connectivity index (χ3n) is 8.03. The van der Waals surface area contributed by atoms with Crippen molar-refractivity contribution in [1.82, 2.24) is 10.6 Å². The van der Waals surface area contributed by atoms with Gasteiger partial charge in [0.1, 0.15) is 54.0 Å². The standard InChI is InChI=1S/C39H52N4O10/c1-23(40-35(46)52-37(3,4)5)31(44)48-21-27-29(25-17-13-11-14-18-25)50-33(42-27)39(9,10)34-43-28(30(51-34)26-19-15-12-16-20-26)22-49-32(45)24(2)41-36(47)53-38(6,7)8/h11-20,23-24,27-30H,21-22H2,1-10H3,(H,40,46)(H,41,47)/t23-,24-,27-,28-,29-,30-/m0/s1. The molecule has 0 fully saturated rings. The minimum absolute atomic E-state index is 0.133. The Hall–Kier alpha value is -5.14. The van der Waals surface area contributed by atoms with Crippen molar-refractivity contribution in [2.75, 3.05) is 13.2 Å². The predicted molar refractivity (Wildman–Crippen MR) is 196 cm³/mol. The Labute approximate surface area is 311 Å². The normalized spacial score (nSPS) is 21.1. The summed E-state index contributed by atoms with van der Waals surface area (Å²) in [6.07, 6.45) is -2.67. The van der Waals surface area contributed by atoms with Crippen molar-refractivity contribution in [1.29, 1.82) is 0 Å². The van der Waals surface area contributed by atoms with Crippen LogP contribution in [0.5, 0.6) is 0 Å². The molecule has 0 saturated carbocycles. The Morgan fingerprint density at radius 2 is 0.962 bits per heavy atom. The van der Waals surface area contributed by atoms with Gasteiger partial charge in [0.2, 0.25) is 0 Å². The number of benzene rings is 2. The quantitative estimate of drug-likeness (QED) is 0.194. The largest absolute Gasteiger partial charge is 0.470 e. The Morgan fingerprint density at radius 1 is 0.623 bits per heavy atom. The smallest absolute Gasteiger partial charge is 0.408 e. The lowest BCUT2D eigenvalue weighted by atomic mass is 9.93. The minimum atomic E-state index is -1.01. The molecule has 14 nitrogen and oxygen atoms in total. The first-order chi connectivity index (χ1) is 24.7. The number of amides is 2. The fourth-order valence-corrected chi connectivity index (χ4v) is 5.39. The van der Waals surface area contributed by atoms with E-state index in [9.17, 15) is 19.2 Å². The van der Waals surface area contributed by atoms with E-state index < -0.39 is 77.1 Å². The van der Waals surface area contributed by atoms with Gasteiger partial charge in [0, 0.05) is 0 Å². The van der Waals surface area contributed by atoms with E-state index >= 15 is 0 Å². The van der Waals surface area contributed by atoms with Crippen LogP contribution in [-0.2, 0) is 38.0 Å². The van der Waals surface area contributed by atoms with Crippen molar-refractivity contribution in [2.24, 2.45) is 15.4 Å². The first-order valence-corrected chi connectivity index (χ1v) is 17.7. The molecule has 2 aromatic rings. The van der Waals surface area contributed by atoms with Crippen LogP contribution in [0.2, 0.25) is 0 Å². The predicted octanol–water partition coefficient (Wildman–Crippen LogP) is 6.00. The third kappa shape index (κ3) is 11.4. The molecule has 53 heavy (non-hydrogen) atoms. The van der Waals surface area contributed by atoms with E-state index in [1.54, 1.807) is 41.5 Å². The zero-order valence-electron chi connectivity index (χ0n) is 32.1. The molecule has 0 aliphatic carbocycles. The summed E-state index contributed by atoms with van der Waals surface area (Å²) in [5.41, 5.74) is -0.826. The van der Waals surface area contributed by atoms with Crippen LogP contribution in [-0.4, -0.2) is 84.5 Å². The summed E-state index contributed by atoms with van der Waals surface area (Å²) in [5.74, 6) is -0.697. The van der Waals surface area contributed by atoms with Crippen molar-refractivity contribution >= 4 is 35.9 Å². The average Bonchev–Trinajstić information content (AvgIpc) is 3.71. The number of carbonyl (C=O) groups excluding carboxylic acids is 4. The fraction of sp³-hybridized carbons (Fsp3) is 0.538. The zero-order chi connectivity index (χ0) is 39.1. The van der Waals surface area contributed by atoms with E-state index in [0.29, 0.717) is 11.8 Å². The summed E-state index contributed by atoms with van der Waals surface area (Å²) in [6, 6.07) is 15.7. The highest BCUT2D eigenvalue weighted by atomic mass is 16.6.